The third-order valence-corrected chi connectivity index (χ3v) is 11.4. The molecule has 0 amide bonds. The van der Waals surface area contributed by atoms with E-state index in [2.05, 4.69) is 166 Å². The lowest BCUT2D eigenvalue weighted by Crippen LogP contribution is -2.24. The third kappa shape index (κ3) is 5.48. The van der Waals surface area contributed by atoms with E-state index in [9.17, 15) is 5.26 Å². The lowest BCUT2D eigenvalue weighted by Gasteiger charge is -2.35. The van der Waals surface area contributed by atoms with E-state index in [4.69, 9.17) is 9.97 Å². The molecular formula is C48H33N3S. The molecule has 0 N–H and O–H groups in total. The number of nitrogens with zero attached hydrogens (tertiary/aromatic N) is 3. The van der Waals surface area contributed by atoms with Crippen molar-refractivity contribution >= 4 is 22.5 Å². The van der Waals surface area contributed by atoms with Crippen LogP contribution in [0.25, 0.3) is 66.9 Å². The van der Waals surface area contributed by atoms with Gasteiger partial charge in [-0.25, -0.2) is 9.97 Å². The summed E-state index contributed by atoms with van der Waals surface area (Å²) in [6.45, 7) is 4.55. The second-order valence-corrected chi connectivity index (χ2v) is 14.8. The average molecular weight is 684 g/mol. The third-order valence-electron chi connectivity index (χ3n) is 10.2. The molecule has 1 aromatic heterocycles. The first kappa shape index (κ1) is 31.7. The minimum atomic E-state index is -0.186. The van der Waals surface area contributed by atoms with E-state index >= 15 is 0 Å². The molecule has 1 aliphatic rings. The molecule has 7 aromatic carbocycles. The van der Waals surface area contributed by atoms with Crippen LogP contribution in [0.15, 0.2) is 174 Å². The summed E-state index contributed by atoms with van der Waals surface area (Å²) in [5.41, 5.74) is 12.1. The zero-order chi connectivity index (χ0) is 35.2. The Labute approximate surface area is 308 Å². The molecule has 0 atom stereocenters. The predicted molar refractivity (Wildman–Crippen MR) is 214 cm³/mol. The number of nitriles is 1. The SMILES string of the molecule is CC1(C)c2ccccc2Sc2cc(C#N)c(-c3ccc(-c4cc(-c5ccc(-c6ccccc6)c6ccccc56)nc(-c5ccccc5)n4)cc3)cc21. The van der Waals surface area contributed by atoms with Crippen molar-refractivity contribution in [1.29, 1.82) is 5.26 Å². The molecule has 8 aromatic rings. The molecule has 52 heavy (non-hydrogen) atoms. The standard InChI is InChI=1S/C48H33N3S/c1-48(2)41-19-11-12-20-45(41)52-46-27-35(30-49)40(28-42(46)48)32-21-23-33(24-22-32)43-29-44(51-47(50-43)34-15-7-4-8-16-34)39-26-25-36(31-13-5-3-6-14-31)37-17-9-10-18-38(37)39/h3-29H,1-2H3. The van der Waals surface area contributed by atoms with Crippen LogP contribution in [0.1, 0.15) is 30.5 Å². The van der Waals surface area contributed by atoms with E-state index in [0.29, 0.717) is 11.4 Å². The van der Waals surface area contributed by atoms with E-state index in [0.717, 1.165) is 49.5 Å². The van der Waals surface area contributed by atoms with Gasteiger partial charge in [0.15, 0.2) is 5.82 Å². The van der Waals surface area contributed by atoms with Crippen molar-refractivity contribution in [1.82, 2.24) is 9.97 Å². The van der Waals surface area contributed by atoms with Crippen LogP contribution in [0.4, 0.5) is 0 Å². The van der Waals surface area contributed by atoms with Gasteiger partial charge in [0, 0.05) is 31.9 Å². The average Bonchev–Trinajstić information content (AvgIpc) is 3.20. The number of fused-ring (bicyclic) bond motifs is 3. The Hall–Kier alpha value is -6.28. The van der Waals surface area contributed by atoms with Gasteiger partial charge in [0.1, 0.15) is 0 Å². The highest BCUT2D eigenvalue weighted by Crippen LogP contribution is 2.50. The van der Waals surface area contributed by atoms with Crippen molar-refractivity contribution in [2.75, 3.05) is 0 Å². The molecule has 0 bridgehead atoms. The van der Waals surface area contributed by atoms with E-state index in [-0.39, 0.29) is 5.41 Å². The molecular weight excluding hydrogens is 651 g/mol. The van der Waals surface area contributed by atoms with Crippen LogP contribution in [0.3, 0.4) is 0 Å². The van der Waals surface area contributed by atoms with E-state index in [1.807, 2.05) is 18.2 Å². The molecule has 0 saturated carbocycles. The first-order valence-electron chi connectivity index (χ1n) is 17.5. The maximum absolute atomic E-state index is 10.3. The van der Waals surface area contributed by atoms with E-state index in [1.54, 1.807) is 11.8 Å². The van der Waals surface area contributed by atoms with Crippen molar-refractivity contribution in [2.24, 2.45) is 0 Å². The van der Waals surface area contributed by atoms with Gasteiger partial charge in [-0.05, 0) is 68.4 Å². The predicted octanol–water partition coefficient (Wildman–Crippen LogP) is 12.6. The minimum Gasteiger partial charge on any atom is -0.228 e. The zero-order valence-electron chi connectivity index (χ0n) is 28.8. The number of hydrogen-bond acceptors (Lipinski definition) is 4. The van der Waals surface area contributed by atoms with Crippen molar-refractivity contribution in [3.63, 3.8) is 0 Å². The van der Waals surface area contributed by atoms with Gasteiger partial charge in [-0.2, -0.15) is 5.26 Å². The normalized spacial score (nSPS) is 12.9. The van der Waals surface area contributed by atoms with Crippen LogP contribution in [0.5, 0.6) is 0 Å². The van der Waals surface area contributed by atoms with Crippen LogP contribution in [0, 0.1) is 11.3 Å². The lowest BCUT2D eigenvalue weighted by atomic mass is 9.76. The number of benzene rings is 7. The van der Waals surface area contributed by atoms with E-state index < -0.39 is 0 Å². The fourth-order valence-electron chi connectivity index (χ4n) is 7.48. The smallest absolute Gasteiger partial charge is 0.160 e. The van der Waals surface area contributed by atoms with Crippen molar-refractivity contribution in [2.45, 2.75) is 29.1 Å². The zero-order valence-corrected chi connectivity index (χ0v) is 29.7. The molecule has 0 aliphatic carbocycles. The summed E-state index contributed by atoms with van der Waals surface area (Å²) >= 11 is 1.75. The van der Waals surface area contributed by atoms with Gasteiger partial charge in [-0.15, -0.1) is 0 Å². The molecule has 0 radical (unpaired) electrons. The van der Waals surface area contributed by atoms with Crippen LogP contribution >= 0.6 is 11.8 Å². The van der Waals surface area contributed by atoms with Gasteiger partial charge in [-0.1, -0.05) is 165 Å². The monoisotopic (exact) mass is 683 g/mol. The fraction of sp³-hybridized carbons (Fsp3) is 0.0625. The Morgan fingerprint density at radius 2 is 1.06 bits per heavy atom. The molecule has 1 aliphatic heterocycles. The van der Waals surface area contributed by atoms with Gasteiger partial charge in [0.25, 0.3) is 0 Å². The second kappa shape index (κ2) is 12.8. The minimum absolute atomic E-state index is 0.186. The maximum atomic E-state index is 10.3. The Bertz CT molecular complexity index is 2670. The molecule has 4 heteroatoms. The summed E-state index contributed by atoms with van der Waals surface area (Å²) in [7, 11) is 0. The first-order valence-corrected chi connectivity index (χ1v) is 18.3. The van der Waals surface area contributed by atoms with Crippen LogP contribution in [0.2, 0.25) is 0 Å². The molecule has 3 nitrogen and oxygen atoms in total. The number of rotatable bonds is 5. The number of hydrogen-bond donors (Lipinski definition) is 0. The molecule has 0 fully saturated rings. The van der Waals surface area contributed by atoms with Crippen molar-refractivity contribution in [3.05, 3.63) is 180 Å². The van der Waals surface area contributed by atoms with Gasteiger partial charge < -0.3 is 0 Å². The van der Waals surface area contributed by atoms with Crippen molar-refractivity contribution < 1.29 is 0 Å². The topological polar surface area (TPSA) is 49.6 Å². The Morgan fingerprint density at radius 3 is 1.79 bits per heavy atom. The summed E-state index contributed by atoms with van der Waals surface area (Å²) < 4.78 is 0. The largest absolute Gasteiger partial charge is 0.228 e. The van der Waals surface area contributed by atoms with Gasteiger partial charge in [-0.3, -0.25) is 0 Å². The van der Waals surface area contributed by atoms with Gasteiger partial charge in [0.2, 0.25) is 0 Å². The molecule has 2 heterocycles. The molecule has 9 rings (SSSR count). The second-order valence-electron chi connectivity index (χ2n) is 13.7. The summed E-state index contributed by atoms with van der Waals surface area (Å²) in [6.07, 6.45) is 0. The Kier molecular flexibility index (Phi) is 7.80. The molecule has 246 valence electrons. The van der Waals surface area contributed by atoms with Crippen LogP contribution < -0.4 is 0 Å². The Morgan fingerprint density at radius 1 is 0.481 bits per heavy atom. The van der Waals surface area contributed by atoms with E-state index in [1.165, 1.54) is 32.5 Å². The summed E-state index contributed by atoms with van der Waals surface area (Å²) in [5, 5.41) is 12.6. The summed E-state index contributed by atoms with van der Waals surface area (Å²) in [5.74, 6) is 0.676. The summed E-state index contributed by atoms with van der Waals surface area (Å²) in [4.78, 5) is 12.7. The maximum Gasteiger partial charge on any atom is 0.160 e. The highest BCUT2D eigenvalue weighted by atomic mass is 32.2. The van der Waals surface area contributed by atoms with Crippen LogP contribution in [-0.4, -0.2) is 9.97 Å². The first-order chi connectivity index (χ1) is 25.5. The highest BCUT2D eigenvalue weighted by molar-refractivity contribution is 7.99. The molecule has 0 unspecified atom stereocenters. The van der Waals surface area contributed by atoms with Crippen molar-refractivity contribution in [3.8, 4) is 62.2 Å². The fourth-order valence-corrected chi connectivity index (χ4v) is 8.90. The number of aromatic nitrogens is 2. The summed E-state index contributed by atoms with van der Waals surface area (Å²) in [6, 6.07) is 59.6. The molecule has 0 spiro atoms. The Balaban J connectivity index is 1.15. The molecule has 0 saturated heterocycles. The van der Waals surface area contributed by atoms with Gasteiger partial charge >= 0.3 is 0 Å². The van der Waals surface area contributed by atoms with Crippen LogP contribution in [-0.2, 0) is 5.41 Å². The van der Waals surface area contributed by atoms with Gasteiger partial charge in [0.05, 0.1) is 23.0 Å². The quantitative estimate of drug-likeness (QED) is 0.181. The lowest BCUT2D eigenvalue weighted by molar-refractivity contribution is 0.607. The highest BCUT2D eigenvalue weighted by Gasteiger charge is 2.34.